The average molecular weight is 377 g/mol. The molecule has 28 heavy (non-hydrogen) atoms. The number of fused-ring (bicyclic) bond motifs is 1. The van der Waals surface area contributed by atoms with Gasteiger partial charge in [-0.3, -0.25) is 0 Å². The van der Waals surface area contributed by atoms with Crippen LogP contribution in [0.2, 0.25) is 0 Å². The first-order chi connectivity index (χ1) is 13.5. The molecule has 3 N–H and O–H groups in total. The van der Waals surface area contributed by atoms with Crippen LogP contribution in [0.4, 0.5) is 27.5 Å². The Hall–Kier alpha value is -3.15. The molecule has 0 bridgehead atoms. The van der Waals surface area contributed by atoms with Crippen molar-refractivity contribution < 1.29 is 4.39 Å². The van der Waals surface area contributed by atoms with E-state index in [9.17, 15) is 4.39 Å². The van der Waals surface area contributed by atoms with Crippen molar-refractivity contribution in [3.8, 4) is 0 Å². The van der Waals surface area contributed by atoms with E-state index >= 15 is 0 Å². The largest absolute Gasteiger partial charge is 0.398 e. The Morgan fingerprint density at radius 1 is 1.14 bits per heavy atom. The van der Waals surface area contributed by atoms with Crippen molar-refractivity contribution >= 4 is 23.1 Å². The van der Waals surface area contributed by atoms with Crippen LogP contribution in [0.25, 0.3) is 0 Å². The zero-order valence-corrected chi connectivity index (χ0v) is 16.1. The second-order valence-corrected chi connectivity index (χ2v) is 7.30. The van der Waals surface area contributed by atoms with Crippen molar-refractivity contribution in [3.05, 3.63) is 71.2 Å². The number of nitrogens with one attached hydrogen (secondary N) is 1. The average Bonchev–Trinajstić information content (AvgIpc) is 2.67. The number of nitrogen functional groups attached to an aromatic ring is 1. The fourth-order valence-corrected chi connectivity index (χ4v) is 3.75. The SMILES string of the molecule is Cc1cc(N(C)c2cccc(F)c2)nc(N[C@@H]2CCc3c(N)cccc3C2)n1. The van der Waals surface area contributed by atoms with Crippen LogP contribution in [-0.2, 0) is 12.8 Å². The molecule has 4 rings (SSSR count). The number of hydrogen-bond acceptors (Lipinski definition) is 5. The summed E-state index contributed by atoms with van der Waals surface area (Å²) in [7, 11) is 1.87. The van der Waals surface area contributed by atoms with Crippen LogP contribution >= 0.6 is 0 Å². The normalized spacial score (nSPS) is 15.8. The lowest BCUT2D eigenvalue weighted by atomic mass is 9.87. The molecule has 2 aromatic carbocycles. The van der Waals surface area contributed by atoms with Gasteiger partial charge in [0.05, 0.1) is 0 Å². The minimum absolute atomic E-state index is 0.253. The van der Waals surface area contributed by atoms with E-state index in [1.807, 2.05) is 43.1 Å². The summed E-state index contributed by atoms with van der Waals surface area (Å²) in [5.41, 5.74) is 11.1. The van der Waals surface area contributed by atoms with Crippen molar-refractivity contribution in [2.24, 2.45) is 0 Å². The Bertz CT molecular complexity index is 1000. The van der Waals surface area contributed by atoms with E-state index in [2.05, 4.69) is 21.4 Å². The summed E-state index contributed by atoms with van der Waals surface area (Å²) < 4.78 is 13.6. The Kier molecular flexibility index (Phi) is 4.86. The maximum Gasteiger partial charge on any atom is 0.225 e. The van der Waals surface area contributed by atoms with Gasteiger partial charge >= 0.3 is 0 Å². The lowest BCUT2D eigenvalue weighted by molar-refractivity contribution is 0.607. The smallest absolute Gasteiger partial charge is 0.225 e. The van der Waals surface area contributed by atoms with Crippen LogP contribution in [0.15, 0.2) is 48.5 Å². The molecule has 0 spiro atoms. The Morgan fingerprint density at radius 3 is 2.79 bits per heavy atom. The summed E-state index contributed by atoms with van der Waals surface area (Å²) in [5.74, 6) is 1.05. The Morgan fingerprint density at radius 2 is 1.96 bits per heavy atom. The van der Waals surface area contributed by atoms with Gasteiger partial charge in [-0.15, -0.1) is 0 Å². The molecule has 0 saturated carbocycles. The Labute approximate surface area is 164 Å². The number of rotatable bonds is 4. The third kappa shape index (κ3) is 3.76. The van der Waals surface area contributed by atoms with Gasteiger partial charge in [-0.05, 0) is 61.6 Å². The second-order valence-electron chi connectivity index (χ2n) is 7.30. The van der Waals surface area contributed by atoms with Gasteiger partial charge in [-0.25, -0.2) is 9.37 Å². The first-order valence-electron chi connectivity index (χ1n) is 9.47. The maximum atomic E-state index is 13.6. The zero-order valence-electron chi connectivity index (χ0n) is 16.1. The van der Waals surface area contributed by atoms with E-state index in [0.29, 0.717) is 5.95 Å². The van der Waals surface area contributed by atoms with E-state index in [1.165, 1.54) is 23.3 Å². The number of nitrogens with zero attached hydrogens (tertiary/aromatic N) is 3. The molecule has 3 aromatic rings. The van der Waals surface area contributed by atoms with Crippen molar-refractivity contribution in [3.63, 3.8) is 0 Å². The predicted molar refractivity (Wildman–Crippen MR) is 112 cm³/mol. The fourth-order valence-electron chi connectivity index (χ4n) is 3.75. The van der Waals surface area contributed by atoms with Crippen LogP contribution in [0.3, 0.4) is 0 Å². The third-order valence-electron chi connectivity index (χ3n) is 5.23. The summed E-state index contributed by atoms with van der Waals surface area (Å²) in [4.78, 5) is 11.1. The molecular formula is C22H24FN5. The standard InChI is InChI=1S/C22H24FN5/c1-14-11-21(28(2)18-7-4-6-16(23)13-18)27-22(25-14)26-17-9-10-19-15(12-17)5-3-8-20(19)24/h3-8,11,13,17H,9-10,12,24H2,1-2H3,(H,25,26,27)/t17-/m1/s1. The Balaban J connectivity index is 1.55. The molecule has 0 radical (unpaired) electrons. The molecule has 1 heterocycles. The topological polar surface area (TPSA) is 67.1 Å². The molecule has 144 valence electrons. The highest BCUT2D eigenvalue weighted by atomic mass is 19.1. The molecule has 0 amide bonds. The third-order valence-corrected chi connectivity index (χ3v) is 5.23. The minimum atomic E-state index is -0.270. The summed E-state index contributed by atoms with van der Waals surface area (Å²) in [6.07, 6.45) is 2.82. The molecule has 6 heteroatoms. The lowest BCUT2D eigenvalue weighted by Gasteiger charge is -2.27. The van der Waals surface area contributed by atoms with Crippen molar-refractivity contribution in [2.75, 3.05) is 23.0 Å². The molecule has 1 atom stereocenters. The summed E-state index contributed by atoms with van der Waals surface area (Å²) in [5, 5.41) is 3.48. The predicted octanol–water partition coefficient (Wildman–Crippen LogP) is 4.24. The molecule has 0 aliphatic heterocycles. The van der Waals surface area contributed by atoms with Crippen molar-refractivity contribution in [1.29, 1.82) is 0 Å². The fraction of sp³-hybridized carbons (Fsp3) is 0.273. The van der Waals surface area contributed by atoms with Gasteiger partial charge in [-0.1, -0.05) is 18.2 Å². The summed E-state index contributed by atoms with van der Waals surface area (Å²) in [6.45, 7) is 1.94. The van der Waals surface area contributed by atoms with Crippen molar-refractivity contribution in [1.82, 2.24) is 9.97 Å². The van der Waals surface area contributed by atoms with Crippen LogP contribution in [0, 0.1) is 12.7 Å². The molecule has 0 fully saturated rings. The second kappa shape index (κ2) is 7.46. The lowest BCUT2D eigenvalue weighted by Crippen LogP contribution is -2.29. The highest BCUT2D eigenvalue weighted by Gasteiger charge is 2.21. The highest BCUT2D eigenvalue weighted by molar-refractivity contribution is 5.60. The van der Waals surface area contributed by atoms with Crippen LogP contribution in [-0.4, -0.2) is 23.1 Å². The number of anilines is 4. The van der Waals surface area contributed by atoms with E-state index in [4.69, 9.17) is 5.73 Å². The number of nitrogens with two attached hydrogens (primary N) is 1. The van der Waals surface area contributed by atoms with Gasteiger partial charge in [0.15, 0.2) is 0 Å². The number of aryl methyl sites for hydroxylation is 1. The number of aromatic nitrogens is 2. The molecule has 1 aromatic heterocycles. The minimum Gasteiger partial charge on any atom is -0.398 e. The van der Waals surface area contributed by atoms with Gasteiger partial charge in [0, 0.05) is 36.2 Å². The molecule has 1 aliphatic rings. The zero-order chi connectivity index (χ0) is 19.7. The summed E-state index contributed by atoms with van der Waals surface area (Å²) in [6, 6.07) is 14.7. The van der Waals surface area contributed by atoms with Crippen LogP contribution in [0.1, 0.15) is 23.2 Å². The van der Waals surface area contributed by atoms with Gasteiger partial charge in [0.2, 0.25) is 5.95 Å². The monoisotopic (exact) mass is 377 g/mol. The molecular weight excluding hydrogens is 353 g/mol. The molecule has 5 nitrogen and oxygen atoms in total. The van der Waals surface area contributed by atoms with Gasteiger partial charge in [-0.2, -0.15) is 4.98 Å². The molecule has 0 saturated heterocycles. The first kappa shape index (κ1) is 18.2. The first-order valence-corrected chi connectivity index (χ1v) is 9.47. The van der Waals surface area contributed by atoms with Gasteiger partial charge in [0.1, 0.15) is 11.6 Å². The van der Waals surface area contributed by atoms with Crippen LogP contribution < -0.4 is 16.0 Å². The highest BCUT2D eigenvalue weighted by Crippen LogP contribution is 2.28. The molecule has 1 aliphatic carbocycles. The van der Waals surface area contributed by atoms with E-state index < -0.39 is 0 Å². The number of hydrogen-bond donors (Lipinski definition) is 2. The van der Waals surface area contributed by atoms with Gasteiger partial charge < -0.3 is 16.0 Å². The number of benzene rings is 2. The van der Waals surface area contributed by atoms with Crippen LogP contribution in [0.5, 0.6) is 0 Å². The van der Waals surface area contributed by atoms with Gasteiger partial charge in [0.25, 0.3) is 0 Å². The van der Waals surface area contributed by atoms with E-state index in [1.54, 1.807) is 6.07 Å². The number of halogens is 1. The maximum absolute atomic E-state index is 13.6. The van der Waals surface area contributed by atoms with E-state index in [-0.39, 0.29) is 11.9 Å². The van der Waals surface area contributed by atoms with E-state index in [0.717, 1.165) is 42.1 Å². The van der Waals surface area contributed by atoms with Crippen molar-refractivity contribution in [2.45, 2.75) is 32.2 Å². The molecule has 0 unspecified atom stereocenters. The quantitative estimate of drug-likeness (QED) is 0.666. The summed E-state index contributed by atoms with van der Waals surface area (Å²) >= 11 is 0.